The zero-order valence-corrected chi connectivity index (χ0v) is 15.9. The first kappa shape index (κ1) is 17.6. The fourth-order valence-corrected chi connectivity index (χ4v) is 3.44. The third-order valence-corrected chi connectivity index (χ3v) is 5.10. The smallest absolute Gasteiger partial charge is 0.267 e. The number of amides is 1. The molecule has 1 aliphatic rings. The average Bonchev–Trinajstić information content (AvgIpc) is 3.14. The zero-order valence-electron chi connectivity index (χ0n) is 14.3. The summed E-state index contributed by atoms with van der Waals surface area (Å²) in [6.07, 6.45) is 0.575. The van der Waals surface area contributed by atoms with Crippen LogP contribution in [0.2, 0.25) is 0 Å². The van der Waals surface area contributed by atoms with Crippen molar-refractivity contribution in [3.63, 3.8) is 0 Å². The largest absolute Gasteiger partial charge is 0.274 e. The normalized spacial score (nSPS) is 16.3. The molecular formula is C22H16BrFN2O. The Kier molecular flexibility index (Phi) is 4.86. The van der Waals surface area contributed by atoms with E-state index in [4.69, 9.17) is 0 Å². The summed E-state index contributed by atoms with van der Waals surface area (Å²) in [6.45, 7) is 0. The molecule has 0 fully saturated rings. The SMILES string of the molecule is O=C(c1ccccc1)N1N=C(c2ccc(Br)cc2)C[C@H]1c1ccc(F)cc1. The Morgan fingerprint density at radius 1 is 0.963 bits per heavy atom. The van der Waals surface area contributed by atoms with E-state index >= 15 is 0 Å². The Labute approximate surface area is 165 Å². The van der Waals surface area contributed by atoms with Gasteiger partial charge in [-0.3, -0.25) is 4.79 Å². The van der Waals surface area contributed by atoms with Gasteiger partial charge in [-0.2, -0.15) is 5.10 Å². The molecule has 3 nitrogen and oxygen atoms in total. The predicted octanol–water partition coefficient (Wildman–Crippen LogP) is 5.58. The summed E-state index contributed by atoms with van der Waals surface area (Å²) in [6, 6.07) is 22.9. The molecule has 0 saturated carbocycles. The van der Waals surface area contributed by atoms with E-state index in [1.54, 1.807) is 24.3 Å². The Bertz CT molecular complexity index is 985. The number of carbonyl (C=O) groups is 1. The Morgan fingerprint density at radius 2 is 1.63 bits per heavy atom. The molecule has 1 atom stereocenters. The van der Waals surface area contributed by atoms with Crippen LogP contribution in [0.5, 0.6) is 0 Å². The maximum atomic E-state index is 13.4. The molecule has 134 valence electrons. The van der Waals surface area contributed by atoms with E-state index in [9.17, 15) is 9.18 Å². The summed E-state index contributed by atoms with van der Waals surface area (Å²) in [5.74, 6) is -0.469. The number of benzene rings is 3. The summed E-state index contributed by atoms with van der Waals surface area (Å²) in [5, 5.41) is 6.15. The van der Waals surface area contributed by atoms with Crippen LogP contribution in [0.15, 0.2) is 88.4 Å². The number of hydrogen-bond donors (Lipinski definition) is 0. The van der Waals surface area contributed by atoms with Crippen LogP contribution >= 0.6 is 15.9 Å². The molecule has 3 aromatic rings. The molecule has 0 spiro atoms. The quantitative estimate of drug-likeness (QED) is 0.542. The van der Waals surface area contributed by atoms with Crippen LogP contribution in [0.3, 0.4) is 0 Å². The molecule has 27 heavy (non-hydrogen) atoms. The van der Waals surface area contributed by atoms with E-state index in [-0.39, 0.29) is 17.8 Å². The highest BCUT2D eigenvalue weighted by Crippen LogP contribution is 2.34. The number of rotatable bonds is 3. The molecule has 0 saturated heterocycles. The minimum atomic E-state index is -0.299. The van der Waals surface area contributed by atoms with Crippen molar-refractivity contribution in [2.45, 2.75) is 12.5 Å². The first-order valence-corrected chi connectivity index (χ1v) is 9.38. The minimum Gasteiger partial charge on any atom is -0.267 e. The summed E-state index contributed by atoms with van der Waals surface area (Å²) in [5.41, 5.74) is 3.23. The van der Waals surface area contributed by atoms with Gasteiger partial charge in [0.1, 0.15) is 5.82 Å². The second-order valence-corrected chi connectivity index (χ2v) is 7.26. The number of carbonyl (C=O) groups excluding carboxylic acids is 1. The highest BCUT2D eigenvalue weighted by atomic mass is 79.9. The molecule has 0 aromatic heterocycles. The van der Waals surface area contributed by atoms with Crippen LogP contribution in [0.25, 0.3) is 0 Å². The summed E-state index contributed by atoms with van der Waals surface area (Å²) >= 11 is 3.44. The van der Waals surface area contributed by atoms with Gasteiger partial charge in [0.25, 0.3) is 5.91 Å². The first-order chi connectivity index (χ1) is 13.1. The molecule has 3 aromatic carbocycles. The van der Waals surface area contributed by atoms with Crippen molar-refractivity contribution in [1.82, 2.24) is 5.01 Å². The fourth-order valence-electron chi connectivity index (χ4n) is 3.17. The lowest BCUT2D eigenvalue weighted by atomic mass is 9.98. The number of halogens is 2. The molecule has 5 heteroatoms. The molecule has 0 radical (unpaired) electrons. The summed E-state index contributed by atoms with van der Waals surface area (Å²) in [7, 11) is 0. The van der Waals surface area contributed by atoms with Crippen molar-refractivity contribution in [3.8, 4) is 0 Å². The summed E-state index contributed by atoms with van der Waals surface area (Å²) in [4.78, 5) is 13.1. The second-order valence-electron chi connectivity index (χ2n) is 6.34. The predicted molar refractivity (Wildman–Crippen MR) is 107 cm³/mol. The maximum Gasteiger partial charge on any atom is 0.274 e. The molecule has 1 amide bonds. The number of nitrogens with zero attached hydrogens (tertiary/aromatic N) is 2. The third-order valence-electron chi connectivity index (χ3n) is 4.57. The van der Waals surface area contributed by atoms with Crippen LogP contribution in [-0.2, 0) is 0 Å². The van der Waals surface area contributed by atoms with Gasteiger partial charge < -0.3 is 0 Å². The van der Waals surface area contributed by atoms with Crippen LogP contribution in [0.1, 0.15) is 33.9 Å². The van der Waals surface area contributed by atoms with E-state index in [0.29, 0.717) is 12.0 Å². The minimum absolute atomic E-state index is 0.169. The van der Waals surface area contributed by atoms with E-state index in [1.165, 1.54) is 17.1 Å². The van der Waals surface area contributed by atoms with Crippen molar-refractivity contribution in [2.24, 2.45) is 5.10 Å². The van der Waals surface area contributed by atoms with E-state index in [1.807, 2.05) is 42.5 Å². The van der Waals surface area contributed by atoms with Gasteiger partial charge in [0, 0.05) is 16.5 Å². The van der Waals surface area contributed by atoms with Crippen molar-refractivity contribution in [1.29, 1.82) is 0 Å². The fraction of sp³-hybridized carbons (Fsp3) is 0.0909. The van der Waals surface area contributed by atoms with Gasteiger partial charge in [-0.15, -0.1) is 0 Å². The molecule has 4 rings (SSSR count). The number of hydrogen-bond acceptors (Lipinski definition) is 2. The topological polar surface area (TPSA) is 32.7 Å². The lowest BCUT2D eigenvalue weighted by molar-refractivity contribution is 0.0711. The van der Waals surface area contributed by atoms with Crippen molar-refractivity contribution in [3.05, 3.63) is 106 Å². The molecule has 0 bridgehead atoms. The van der Waals surface area contributed by atoms with Crippen LogP contribution in [-0.4, -0.2) is 16.6 Å². The van der Waals surface area contributed by atoms with Crippen molar-refractivity contribution in [2.75, 3.05) is 0 Å². The van der Waals surface area contributed by atoms with Gasteiger partial charge in [-0.25, -0.2) is 9.40 Å². The van der Waals surface area contributed by atoms with E-state index in [0.717, 1.165) is 21.3 Å². The maximum absolute atomic E-state index is 13.4. The lowest BCUT2D eigenvalue weighted by Gasteiger charge is -2.22. The monoisotopic (exact) mass is 422 g/mol. The van der Waals surface area contributed by atoms with Gasteiger partial charge in [-0.1, -0.05) is 58.4 Å². The standard InChI is InChI=1S/C22H16BrFN2O/c23-18-10-6-15(7-11-18)20-14-21(16-8-12-19(24)13-9-16)26(25-20)22(27)17-4-2-1-3-5-17/h1-13,21H,14H2/t21-/m0/s1. The lowest BCUT2D eigenvalue weighted by Crippen LogP contribution is -2.27. The van der Waals surface area contributed by atoms with Crippen molar-refractivity contribution >= 4 is 27.5 Å². The highest BCUT2D eigenvalue weighted by Gasteiger charge is 2.33. The average molecular weight is 423 g/mol. The van der Waals surface area contributed by atoms with Crippen LogP contribution in [0.4, 0.5) is 4.39 Å². The second kappa shape index (κ2) is 7.45. The van der Waals surface area contributed by atoms with E-state index in [2.05, 4.69) is 21.0 Å². The van der Waals surface area contributed by atoms with Gasteiger partial charge in [0.05, 0.1) is 11.8 Å². The van der Waals surface area contributed by atoms with Gasteiger partial charge in [-0.05, 0) is 47.5 Å². The number of hydrazone groups is 1. The van der Waals surface area contributed by atoms with Crippen LogP contribution in [0, 0.1) is 5.82 Å². The van der Waals surface area contributed by atoms with E-state index < -0.39 is 0 Å². The van der Waals surface area contributed by atoms with Gasteiger partial charge in [0.15, 0.2) is 0 Å². The highest BCUT2D eigenvalue weighted by molar-refractivity contribution is 9.10. The van der Waals surface area contributed by atoms with Gasteiger partial charge >= 0.3 is 0 Å². The van der Waals surface area contributed by atoms with Crippen LogP contribution < -0.4 is 0 Å². The molecule has 0 N–H and O–H groups in total. The zero-order chi connectivity index (χ0) is 18.8. The molecule has 0 unspecified atom stereocenters. The Balaban J connectivity index is 1.72. The van der Waals surface area contributed by atoms with Gasteiger partial charge in [0.2, 0.25) is 0 Å². The first-order valence-electron chi connectivity index (χ1n) is 8.59. The third kappa shape index (κ3) is 3.69. The molecular weight excluding hydrogens is 407 g/mol. The Morgan fingerprint density at radius 3 is 2.30 bits per heavy atom. The summed E-state index contributed by atoms with van der Waals surface area (Å²) < 4.78 is 14.3. The molecule has 1 heterocycles. The molecule has 1 aliphatic heterocycles. The Hall–Kier alpha value is -2.79. The van der Waals surface area contributed by atoms with Crippen molar-refractivity contribution < 1.29 is 9.18 Å². The molecule has 0 aliphatic carbocycles.